The van der Waals surface area contributed by atoms with Crippen LogP contribution in [0.3, 0.4) is 0 Å². The minimum Gasteiger partial charge on any atom is -0.384 e. The van der Waals surface area contributed by atoms with E-state index in [0.29, 0.717) is 43.4 Å². The molecule has 6 nitrogen and oxygen atoms in total. The number of nitro groups is 1. The molecular weight excluding hydrogens is 361 g/mol. The number of fused-ring (bicyclic) bond motifs is 1. The lowest BCUT2D eigenvalue weighted by atomic mass is 9.96. The molecule has 0 unspecified atom stereocenters. The van der Waals surface area contributed by atoms with Gasteiger partial charge in [0.15, 0.2) is 0 Å². The highest BCUT2D eigenvalue weighted by molar-refractivity contribution is 5.93. The van der Waals surface area contributed by atoms with Gasteiger partial charge in [-0.25, -0.2) is 0 Å². The number of aromatic nitrogens is 1. The van der Waals surface area contributed by atoms with Crippen LogP contribution in [0.1, 0.15) is 18.5 Å². The van der Waals surface area contributed by atoms with E-state index in [1.807, 2.05) is 13.0 Å². The van der Waals surface area contributed by atoms with E-state index in [9.17, 15) is 23.3 Å². The molecule has 1 fully saturated rings. The van der Waals surface area contributed by atoms with Crippen LogP contribution in [0.2, 0.25) is 0 Å². The molecule has 2 aromatic rings. The van der Waals surface area contributed by atoms with Crippen LogP contribution >= 0.6 is 0 Å². The molecule has 0 amide bonds. The van der Waals surface area contributed by atoms with Crippen LogP contribution in [0.25, 0.3) is 10.9 Å². The smallest absolute Gasteiger partial charge is 0.384 e. The number of halogens is 3. The normalized spacial score (nSPS) is 16.6. The fraction of sp³-hybridized carbons (Fsp3) is 0.500. The number of hydrogen-bond acceptors (Lipinski definition) is 5. The van der Waals surface area contributed by atoms with E-state index in [1.54, 1.807) is 6.07 Å². The molecule has 1 aromatic heterocycles. The zero-order chi connectivity index (χ0) is 19.6. The Bertz CT molecular complexity index is 833. The standard InChI is InChI=1S/C18H21F3N4O2/c1-12-8-17(15-9-14(25(26)27)2-3-16(15)23-12)22-10-13-4-6-24(7-5-13)11-18(19,20)21/h2-3,8-9,13H,4-7,10-11H2,1H3,(H,22,23). The number of piperidine rings is 1. The topological polar surface area (TPSA) is 71.3 Å². The number of aryl methyl sites for hydroxylation is 1. The molecule has 0 bridgehead atoms. The van der Waals surface area contributed by atoms with Gasteiger partial charge in [0.05, 0.1) is 17.0 Å². The summed E-state index contributed by atoms with van der Waals surface area (Å²) in [5.41, 5.74) is 2.22. The average Bonchev–Trinajstić information content (AvgIpc) is 2.59. The second kappa shape index (κ2) is 7.67. The molecule has 1 aromatic carbocycles. The molecule has 1 aliphatic heterocycles. The maximum Gasteiger partial charge on any atom is 0.401 e. The summed E-state index contributed by atoms with van der Waals surface area (Å²) in [5.74, 6) is 0.261. The summed E-state index contributed by atoms with van der Waals surface area (Å²) in [6.45, 7) is 2.45. The first-order chi connectivity index (χ1) is 12.7. The van der Waals surface area contributed by atoms with Crippen molar-refractivity contribution in [2.75, 3.05) is 31.5 Å². The van der Waals surface area contributed by atoms with Gasteiger partial charge >= 0.3 is 6.18 Å². The first-order valence-electron chi connectivity index (χ1n) is 8.80. The Morgan fingerprint density at radius 1 is 1.30 bits per heavy atom. The average molecular weight is 382 g/mol. The Hall–Kier alpha value is -2.42. The number of hydrogen-bond donors (Lipinski definition) is 1. The Kier molecular flexibility index (Phi) is 5.50. The van der Waals surface area contributed by atoms with Crippen LogP contribution in [0.5, 0.6) is 0 Å². The van der Waals surface area contributed by atoms with Crippen molar-refractivity contribution in [1.29, 1.82) is 0 Å². The number of nitrogens with zero attached hydrogens (tertiary/aromatic N) is 3. The van der Waals surface area contributed by atoms with Crippen molar-refractivity contribution >= 4 is 22.3 Å². The lowest BCUT2D eigenvalue weighted by Gasteiger charge is -2.32. The molecule has 0 spiro atoms. The van der Waals surface area contributed by atoms with Crippen LogP contribution in [0, 0.1) is 23.0 Å². The van der Waals surface area contributed by atoms with E-state index in [-0.39, 0.29) is 11.6 Å². The van der Waals surface area contributed by atoms with Crippen molar-refractivity contribution < 1.29 is 18.1 Å². The molecule has 0 saturated carbocycles. The number of benzene rings is 1. The third-order valence-electron chi connectivity index (χ3n) is 4.82. The minimum absolute atomic E-state index is 0.00309. The van der Waals surface area contributed by atoms with Gasteiger partial charge in [0, 0.05) is 35.4 Å². The summed E-state index contributed by atoms with van der Waals surface area (Å²) in [4.78, 5) is 16.4. The van der Waals surface area contributed by atoms with Crippen molar-refractivity contribution in [1.82, 2.24) is 9.88 Å². The third kappa shape index (κ3) is 5.06. The van der Waals surface area contributed by atoms with Crippen LogP contribution in [-0.2, 0) is 0 Å². The highest BCUT2D eigenvalue weighted by Crippen LogP contribution is 2.28. The van der Waals surface area contributed by atoms with E-state index in [4.69, 9.17) is 0 Å². The molecule has 146 valence electrons. The SMILES string of the molecule is Cc1cc(NCC2CCN(CC(F)(F)F)CC2)c2cc([N+](=O)[O-])ccc2n1. The van der Waals surface area contributed by atoms with Crippen LogP contribution in [0.4, 0.5) is 24.5 Å². The molecule has 2 heterocycles. The highest BCUT2D eigenvalue weighted by atomic mass is 19.4. The second-order valence-corrected chi connectivity index (χ2v) is 6.99. The summed E-state index contributed by atoms with van der Waals surface area (Å²) >= 11 is 0. The van der Waals surface area contributed by atoms with Crippen molar-refractivity contribution in [2.45, 2.75) is 25.9 Å². The van der Waals surface area contributed by atoms with Gasteiger partial charge in [-0.3, -0.25) is 20.0 Å². The number of likely N-dealkylation sites (tertiary alicyclic amines) is 1. The van der Waals surface area contributed by atoms with E-state index in [0.717, 1.165) is 11.4 Å². The van der Waals surface area contributed by atoms with E-state index in [1.165, 1.54) is 17.0 Å². The van der Waals surface area contributed by atoms with Crippen LogP contribution in [-0.4, -0.2) is 47.2 Å². The largest absolute Gasteiger partial charge is 0.401 e. The van der Waals surface area contributed by atoms with Gasteiger partial charge in [-0.15, -0.1) is 0 Å². The Morgan fingerprint density at radius 2 is 2.00 bits per heavy atom. The van der Waals surface area contributed by atoms with E-state index >= 15 is 0 Å². The first-order valence-corrected chi connectivity index (χ1v) is 8.80. The van der Waals surface area contributed by atoms with Crippen molar-refractivity contribution in [3.63, 3.8) is 0 Å². The number of nitro benzene ring substituents is 1. The van der Waals surface area contributed by atoms with Gasteiger partial charge in [0.1, 0.15) is 0 Å². The highest BCUT2D eigenvalue weighted by Gasteiger charge is 2.32. The zero-order valence-electron chi connectivity index (χ0n) is 14.9. The number of pyridine rings is 1. The molecule has 1 saturated heterocycles. The number of alkyl halides is 3. The summed E-state index contributed by atoms with van der Waals surface area (Å²) in [7, 11) is 0. The van der Waals surface area contributed by atoms with Crippen LogP contribution in [0.15, 0.2) is 24.3 Å². The van der Waals surface area contributed by atoms with Gasteiger partial charge in [0.2, 0.25) is 0 Å². The molecule has 27 heavy (non-hydrogen) atoms. The zero-order valence-corrected chi connectivity index (χ0v) is 14.9. The molecule has 3 rings (SSSR count). The van der Waals surface area contributed by atoms with E-state index in [2.05, 4.69) is 10.3 Å². The van der Waals surface area contributed by atoms with Gasteiger partial charge in [-0.05, 0) is 50.9 Å². The maximum atomic E-state index is 12.5. The monoisotopic (exact) mass is 382 g/mol. The Labute approximate surface area is 154 Å². The number of rotatable bonds is 5. The van der Waals surface area contributed by atoms with Crippen LogP contribution < -0.4 is 5.32 Å². The summed E-state index contributed by atoms with van der Waals surface area (Å²) in [5, 5.41) is 15.0. The minimum atomic E-state index is -4.16. The Balaban J connectivity index is 1.67. The molecule has 0 atom stereocenters. The van der Waals surface area contributed by atoms with Gasteiger partial charge < -0.3 is 5.32 Å². The molecule has 1 aliphatic rings. The lowest BCUT2D eigenvalue weighted by Crippen LogP contribution is -2.41. The lowest BCUT2D eigenvalue weighted by molar-refractivity contribution is -0.384. The molecule has 9 heteroatoms. The molecule has 0 aliphatic carbocycles. The fourth-order valence-electron chi connectivity index (χ4n) is 3.46. The predicted octanol–water partition coefficient (Wildman–Crippen LogP) is 4.14. The summed E-state index contributed by atoms with van der Waals surface area (Å²) in [6, 6.07) is 6.39. The predicted molar refractivity (Wildman–Crippen MR) is 96.8 cm³/mol. The van der Waals surface area contributed by atoms with Crippen molar-refractivity contribution in [2.24, 2.45) is 5.92 Å². The fourth-order valence-corrected chi connectivity index (χ4v) is 3.46. The second-order valence-electron chi connectivity index (χ2n) is 6.99. The molecular formula is C18H21F3N4O2. The van der Waals surface area contributed by atoms with E-state index < -0.39 is 17.6 Å². The number of anilines is 1. The van der Waals surface area contributed by atoms with Gasteiger partial charge in [0.25, 0.3) is 5.69 Å². The maximum absolute atomic E-state index is 12.5. The third-order valence-corrected chi connectivity index (χ3v) is 4.82. The Morgan fingerprint density at radius 3 is 2.63 bits per heavy atom. The van der Waals surface area contributed by atoms with Crippen molar-refractivity contribution in [3.8, 4) is 0 Å². The molecule has 1 N–H and O–H groups in total. The number of non-ortho nitro benzene ring substituents is 1. The van der Waals surface area contributed by atoms with Gasteiger partial charge in [-0.2, -0.15) is 13.2 Å². The summed E-state index contributed by atoms with van der Waals surface area (Å²) < 4.78 is 37.4. The van der Waals surface area contributed by atoms with Crippen molar-refractivity contribution in [3.05, 3.63) is 40.1 Å². The number of nitrogens with one attached hydrogen (secondary N) is 1. The molecule has 0 radical (unpaired) electrons. The summed E-state index contributed by atoms with van der Waals surface area (Å²) in [6.07, 6.45) is -2.79. The van der Waals surface area contributed by atoms with Gasteiger partial charge in [-0.1, -0.05) is 0 Å². The quantitative estimate of drug-likeness (QED) is 0.622. The first kappa shape index (κ1) is 19.3.